The summed E-state index contributed by atoms with van der Waals surface area (Å²) < 4.78 is 5.23. The van der Waals surface area contributed by atoms with E-state index in [2.05, 4.69) is 36.3 Å². The largest absolute Gasteiger partial charge is 0.497 e. The fourth-order valence-corrected chi connectivity index (χ4v) is 4.59. The summed E-state index contributed by atoms with van der Waals surface area (Å²) in [4.78, 5) is 22.0. The Kier molecular flexibility index (Phi) is 6.68. The molecule has 0 radical (unpaired) electrons. The van der Waals surface area contributed by atoms with Crippen molar-refractivity contribution in [2.24, 2.45) is 0 Å². The Hall–Kier alpha value is -2.70. The van der Waals surface area contributed by atoms with Gasteiger partial charge in [0, 0.05) is 49.2 Å². The molecule has 162 valence electrons. The fraction of sp³-hybridized carbons (Fsp3) is 0.360. The lowest BCUT2D eigenvalue weighted by Gasteiger charge is -2.34. The summed E-state index contributed by atoms with van der Waals surface area (Å²) in [5.41, 5.74) is 4.23. The normalized spacial score (nSPS) is 14.8. The minimum Gasteiger partial charge on any atom is -0.497 e. The average molecular weight is 436 g/mol. The molecule has 31 heavy (non-hydrogen) atoms. The molecule has 0 atom stereocenters. The Labute approximate surface area is 188 Å². The molecule has 2 heterocycles. The van der Waals surface area contributed by atoms with E-state index in [1.165, 1.54) is 5.56 Å². The van der Waals surface area contributed by atoms with E-state index in [0.717, 1.165) is 60.3 Å². The molecule has 1 aliphatic heterocycles. The highest BCUT2D eigenvalue weighted by atomic mass is 32.1. The third-order valence-corrected chi connectivity index (χ3v) is 6.70. The number of benzene rings is 2. The van der Waals surface area contributed by atoms with Gasteiger partial charge in [-0.15, -0.1) is 11.3 Å². The zero-order valence-corrected chi connectivity index (χ0v) is 19.2. The Bertz CT molecular complexity index is 1000. The van der Waals surface area contributed by atoms with E-state index in [4.69, 9.17) is 9.72 Å². The second-order valence-electron chi connectivity index (χ2n) is 8.22. The zero-order chi connectivity index (χ0) is 21.8. The summed E-state index contributed by atoms with van der Waals surface area (Å²) in [6.07, 6.45) is 0. The van der Waals surface area contributed by atoms with Crippen LogP contribution >= 0.6 is 11.3 Å². The molecular weight excluding hydrogens is 406 g/mol. The lowest BCUT2D eigenvalue weighted by molar-refractivity contribution is 0.0627. The fourth-order valence-electron chi connectivity index (χ4n) is 3.78. The van der Waals surface area contributed by atoms with E-state index in [9.17, 15) is 4.79 Å². The second-order valence-corrected chi connectivity index (χ2v) is 9.08. The van der Waals surface area contributed by atoms with Gasteiger partial charge in [-0.05, 0) is 47.9 Å². The Morgan fingerprint density at radius 3 is 2.32 bits per heavy atom. The molecule has 0 aliphatic carbocycles. The molecule has 0 saturated carbocycles. The Morgan fingerprint density at radius 1 is 1.03 bits per heavy atom. The summed E-state index contributed by atoms with van der Waals surface area (Å²) in [6, 6.07) is 16.1. The third kappa shape index (κ3) is 5.14. The summed E-state index contributed by atoms with van der Waals surface area (Å²) in [5, 5.41) is 3.16. The maximum atomic E-state index is 12.8. The van der Waals surface area contributed by atoms with Crippen molar-refractivity contribution >= 4 is 17.2 Å². The maximum absolute atomic E-state index is 12.8. The van der Waals surface area contributed by atoms with Gasteiger partial charge in [0.05, 0.1) is 12.8 Å². The summed E-state index contributed by atoms with van der Waals surface area (Å²) in [5.74, 6) is 1.46. The first-order valence-electron chi connectivity index (χ1n) is 10.7. The molecule has 3 aromatic rings. The number of amides is 1. The number of aromatic nitrogens is 1. The molecule has 2 aromatic carbocycles. The SMILES string of the molecule is COc1ccc(-c2nc(CN3CCN(C(=O)c4ccc(C(C)C)cc4)CC3)cs2)cc1. The van der Waals surface area contributed by atoms with Crippen LogP contribution in [-0.2, 0) is 6.54 Å². The minimum absolute atomic E-state index is 0.130. The van der Waals surface area contributed by atoms with E-state index in [1.54, 1.807) is 18.4 Å². The van der Waals surface area contributed by atoms with Crippen LogP contribution in [0.3, 0.4) is 0 Å². The highest BCUT2D eigenvalue weighted by Crippen LogP contribution is 2.26. The van der Waals surface area contributed by atoms with Gasteiger partial charge in [-0.25, -0.2) is 4.98 Å². The lowest BCUT2D eigenvalue weighted by atomic mass is 10.0. The number of carbonyl (C=O) groups is 1. The number of thiazole rings is 1. The predicted molar refractivity (Wildman–Crippen MR) is 126 cm³/mol. The van der Waals surface area contributed by atoms with Crippen LogP contribution in [0.1, 0.15) is 41.4 Å². The Balaban J connectivity index is 1.31. The van der Waals surface area contributed by atoms with Crippen molar-refractivity contribution in [1.29, 1.82) is 0 Å². The van der Waals surface area contributed by atoms with Crippen molar-refractivity contribution in [3.05, 3.63) is 70.7 Å². The zero-order valence-electron chi connectivity index (χ0n) is 18.4. The minimum atomic E-state index is 0.130. The van der Waals surface area contributed by atoms with Crippen molar-refractivity contribution in [1.82, 2.24) is 14.8 Å². The molecule has 0 N–H and O–H groups in total. The van der Waals surface area contributed by atoms with Crippen molar-refractivity contribution < 1.29 is 9.53 Å². The van der Waals surface area contributed by atoms with Crippen LogP contribution in [0.4, 0.5) is 0 Å². The van der Waals surface area contributed by atoms with E-state index in [1.807, 2.05) is 41.3 Å². The van der Waals surface area contributed by atoms with Gasteiger partial charge in [0.15, 0.2) is 0 Å². The molecule has 6 heteroatoms. The predicted octanol–water partition coefficient (Wildman–Crippen LogP) is 4.90. The maximum Gasteiger partial charge on any atom is 0.253 e. The molecule has 1 amide bonds. The molecule has 1 aliphatic rings. The molecule has 4 rings (SSSR count). The number of piperazine rings is 1. The van der Waals surface area contributed by atoms with Gasteiger partial charge in [-0.2, -0.15) is 0 Å². The Morgan fingerprint density at radius 2 is 1.71 bits per heavy atom. The van der Waals surface area contributed by atoms with Gasteiger partial charge < -0.3 is 9.64 Å². The first-order chi connectivity index (χ1) is 15.0. The average Bonchev–Trinajstić information content (AvgIpc) is 3.27. The molecule has 1 aromatic heterocycles. The summed E-state index contributed by atoms with van der Waals surface area (Å²) in [6.45, 7) is 8.38. The molecule has 1 saturated heterocycles. The van der Waals surface area contributed by atoms with Crippen LogP contribution < -0.4 is 4.74 Å². The number of rotatable bonds is 6. The molecule has 5 nitrogen and oxygen atoms in total. The van der Waals surface area contributed by atoms with E-state index >= 15 is 0 Å². The first kappa shape index (κ1) is 21.5. The number of nitrogens with zero attached hydrogens (tertiary/aromatic N) is 3. The summed E-state index contributed by atoms with van der Waals surface area (Å²) in [7, 11) is 1.67. The monoisotopic (exact) mass is 435 g/mol. The molecule has 1 fully saturated rings. The molecule has 0 spiro atoms. The van der Waals surface area contributed by atoms with Gasteiger partial charge >= 0.3 is 0 Å². The summed E-state index contributed by atoms with van der Waals surface area (Å²) >= 11 is 1.67. The number of hydrogen-bond donors (Lipinski definition) is 0. The van der Waals surface area contributed by atoms with Crippen LogP contribution in [0.2, 0.25) is 0 Å². The van der Waals surface area contributed by atoms with Gasteiger partial charge in [0.2, 0.25) is 0 Å². The van der Waals surface area contributed by atoms with Gasteiger partial charge in [0.1, 0.15) is 10.8 Å². The molecular formula is C25H29N3O2S. The quantitative estimate of drug-likeness (QED) is 0.552. The molecule has 0 bridgehead atoms. The molecule has 0 unspecified atom stereocenters. The van der Waals surface area contributed by atoms with Crippen molar-refractivity contribution in [3.8, 4) is 16.3 Å². The van der Waals surface area contributed by atoms with Crippen LogP contribution in [-0.4, -0.2) is 54.0 Å². The van der Waals surface area contributed by atoms with E-state index in [0.29, 0.717) is 5.92 Å². The van der Waals surface area contributed by atoms with E-state index in [-0.39, 0.29) is 5.91 Å². The van der Waals surface area contributed by atoms with Crippen molar-refractivity contribution in [3.63, 3.8) is 0 Å². The third-order valence-electron chi connectivity index (χ3n) is 5.76. The van der Waals surface area contributed by atoms with Crippen molar-refractivity contribution in [2.75, 3.05) is 33.3 Å². The van der Waals surface area contributed by atoms with Crippen LogP contribution in [0.15, 0.2) is 53.9 Å². The number of carbonyl (C=O) groups excluding carboxylic acids is 1. The second kappa shape index (κ2) is 9.62. The van der Waals surface area contributed by atoms with Gasteiger partial charge in [0.25, 0.3) is 5.91 Å². The number of methoxy groups -OCH3 is 1. The first-order valence-corrected chi connectivity index (χ1v) is 11.6. The lowest BCUT2D eigenvalue weighted by Crippen LogP contribution is -2.48. The van der Waals surface area contributed by atoms with Crippen molar-refractivity contribution in [2.45, 2.75) is 26.3 Å². The topological polar surface area (TPSA) is 45.7 Å². The van der Waals surface area contributed by atoms with Crippen LogP contribution in [0, 0.1) is 0 Å². The van der Waals surface area contributed by atoms with Gasteiger partial charge in [-0.3, -0.25) is 9.69 Å². The highest BCUT2D eigenvalue weighted by Gasteiger charge is 2.22. The number of hydrogen-bond acceptors (Lipinski definition) is 5. The number of ether oxygens (including phenoxy) is 1. The van der Waals surface area contributed by atoms with E-state index < -0.39 is 0 Å². The van der Waals surface area contributed by atoms with Crippen LogP contribution in [0.25, 0.3) is 10.6 Å². The highest BCUT2D eigenvalue weighted by molar-refractivity contribution is 7.13. The smallest absolute Gasteiger partial charge is 0.253 e. The standard InChI is InChI=1S/C25H29N3O2S/c1-18(2)19-4-6-21(7-5-19)25(29)28-14-12-27(13-15-28)16-22-17-31-24(26-22)20-8-10-23(30-3)11-9-20/h4-11,17-18H,12-16H2,1-3H3. The van der Waals surface area contributed by atoms with Gasteiger partial charge in [-0.1, -0.05) is 26.0 Å². The van der Waals surface area contributed by atoms with Crippen LogP contribution in [0.5, 0.6) is 5.75 Å².